The van der Waals surface area contributed by atoms with Gasteiger partial charge in [0, 0.05) is 31.5 Å². The van der Waals surface area contributed by atoms with Crippen molar-refractivity contribution in [2.75, 3.05) is 29.9 Å². The predicted octanol–water partition coefficient (Wildman–Crippen LogP) is 1.93. The van der Waals surface area contributed by atoms with Crippen LogP contribution in [0.2, 0.25) is 0 Å². The summed E-state index contributed by atoms with van der Waals surface area (Å²) in [4.78, 5) is 6.35. The van der Waals surface area contributed by atoms with Crippen molar-refractivity contribution in [2.45, 2.75) is 25.2 Å². The molecule has 2 aliphatic rings. The summed E-state index contributed by atoms with van der Waals surface area (Å²) >= 11 is 0. The molecule has 5 rings (SSSR count). The number of oxazole rings is 1. The summed E-state index contributed by atoms with van der Waals surface area (Å²) in [6.45, 7) is 2.82. The van der Waals surface area contributed by atoms with E-state index in [1.165, 1.54) is 19.3 Å². The van der Waals surface area contributed by atoms with Crippen molar-refractivity contribution in [1.29, 1.82) is 0 Å². The second-order valence-electron chi connectivity index (χ2n) is 6.64. The van der Waals surface area contributed by atoms with Crippen LogP contribution in [-0.4, -0.2) is 44.4 Å². The number of anilines is 2. The first-order chi connectivity index (χ1) is 11.9. The number of hydrogen-bond acceptors (Lipinski definition) is 7. The zero-order valence-corrected chi connectivity index (χ0v) is 13.3. The second-order valence-corrected chi connectivity index (χ2v) is 6.64. The van der Waals surface area contributed by atoms with Gasteiger partial charge in [-0.05, 0) is 25.0 Å². The first-order valence-electron chi connectivity index (χ1n) is 8.47. The number of nitrogens with zero attached hydrogens (tertiary/aromatic N) is 6. The van der Waals surface area contributed by atoms with Crippen LogP contribution in [0.25, 0.3) is 5.65 Å². The van der Waals surface area contributed by atoms with Crippen LogP contribution in [0.1, 0.15) is 31.0 Å². The highest BCUT2D eigenvalue weighted by Crippen LogP contribution is 2.35. The summed E-state index contributed by atoms with van der Waals surface area (Å²) in [5.41, 5.74) is 0.836. The molecule has 8 heteroatoms. The summed E-state index contributed by atoms with van der Waals surface area (Å²) in [5, 5.41) is 16.6. The molecule has 1 aliphatic carbocycles. The third-order valence-electron chi connectivity index (χ3n) is 5.00. The SMILES string of the molecule is c1coc(NCC2CN(c3ccc4nnc(C5CCC5)n4n3)C2)n1. The maximum atomic E-state index is 5.19. The normalized spacial score (nSPS) is 18.6. The smallest absolute Gasteiger partial charge is 0.294 e. The zero-order valence-electron chi connectivity index (χ0n) is 13.3. The predicted molar refractivity (Wildman–Crippen MR) is 88.1 cm³/mol. The van der Waals surface area contributed by atoms with Gasteiger partial charge in [-0.2, -0.15) is 4.52 Å². The maximum absolute atomic E-state index is 5.19. The van der Waals surface area contributed by atoms with Crippen molar-refractivity contribution >= 4 is 17.5 Å². The van der Waals surface area contributed by atoms with E-state index in [0.717, 1.165) is 36.9 Å². The number of rotatable bonds is 5. The highest BCUT2D eigenvalue weighted by atomic mass is 16.4. The number of nitrogens with one attached hydrogen (secondary N) is 1. The van der Waals surface area contributed by atoms with Gasteiger partial charge in [-0.25, -0.2) is 4.98 Å². The van der Waals surface area contributed by atoms with Crippen LogP contribution in [0.15, 0.2) is 29.0 Å². The van der Waals surface area contributed by atoms with Crippen LogP contribution in [0.4, 0.5) is 11.8 Å². The van der Waals surface area contributed by atoms with Crippen LogP contribution in [-0.2, 0) is 0 Å². The van der Waals surface area contributed by atoms with Crippen molar-refractivity contribution in [3.05, 3.63) is 30.4 Å². The maximum Gasteiger partial charge on any atom is 0.294 e. The average Bonchev–Trinajstić information content (AvgIpc) is 3.14. The lowest BCUT2D eigenvalue weighted by molar-refractivity contribution is 0.393. The summed E-state index contributed by atoms with van der Waals surface area (Å²) in [7, 11) is 0. The van der Waals surface area contributed by atoms with E-state index in [4.69, 9.17) is 9.52 Å². The number of fused-ring (bicyclic) bond motifs is 1. The molecule has 0 spiro atoms. The Morgan fingerprint density at radius 1 is 1.21 bits per heavy atom. The molecule has 0 amide bonds. The minimum atomic E-state index is 0.525. The molecule has 1 aliphatic heterocycles. The number of hydrogen-bond donors (Lipinski definition) is 1. The molecular formula is C16H19N7O. The second kappa shape index (κ2) is 5.47. The Kier molecular flexibility index (Phi) is 3.14. The average molecular weight is 325 g/mol. The van der Waals surface area contributed by atoms with Gasteiger partial charge in [-0.15, -0.1) is 15.3 Å². The highest BCUT2D eigenvalue weighted by molar-refractivity contribution is 5.48. The molecule has 0 unspecified atom stereocenters. The van der Waals surface area contributed by atoms with Crippen LogP contribution >= 0.6 is 0 Å². The van der Waals surface area contributed by atoms with E-state index in [-0.39, 0.29) is 0 Å². The van der Waals surface area contributed by atoms with Gasteiger partial charge in [0.25, 0.3) is 6.01 Å². The van der Waals surface area contributed by atoms with Gasteiger partial charge < -0.3 is 14.6 Å². The topological polar surface area (TPSA) is 84.4 Å². The Morgan fingerprint density at radius 3 is 2.88 bits per heavy atom. The molecule has 1 saturated heterocycles. The van der Waals surface area contributed by atoms with Crippen molar-refractivity contribution in [3.63, 3.8) is 0 Å². The van der Waals surface area contributed by atoms with Crippen LogP contribution in [0.3, 0.4) is 0 Å². The molecule has 0 bridgehead atoms. The highest BCUT2D eigenvalue weighted by Gasteiger charge is 2.29. The quantitative estimate of drug-likeness (QED) is 0.767. The Hall–Kier alpha value is -2.64. The standard InChI is InChI=1S/C16H19N7O/c1-2-12(3-1)15-20-19-13-4-5-14(21-23(13)15)22-9-11(10-22)8-18-16-17-6-7-24-16/h4-7,11-12H,1-3,8-10H2,(H,17,18). The van der Waals surface area contributed by atoms with E-state index in [1.54, 1.807) is 12.5 Å². The van der Waals surface area contributed by atoms with Crippen molar-refractivity contribution in [1.82, 2.24) is 24.8 Å². The Morgan fingerprint density at radius 2 is 2.12 bits per heavy atom. The Bertz CT molecular complexity index is 833. The van der Waals surface area contributed by atoms with Gasteiger partial charge in [0.1, 0.15) is 12.1 Å². The molecule has 3 aromatic rings. The van der Waals surface area contributed by atoms with Gasteiger partial charge in [-0.1, -0.05) is 6.42 Å². The minimum Gasteiger partial charge on any atom is -0.432 e. The van der Waals surface area contributed by atoms with E-state index in [9.17, 15) is 0 Å². The minimum absolute atomic E-state index is 0.525. The summed E-state index contributed by atoms with van der Waals surface area (Å²) < 4.78 is 7.12. The molecule has 4 heterocycles. The molecule has 0 radical (unpaired) electrons. The van der Waals surface area contributed by atoms with Crippen LogP contribution in [0, 0.1) is 5.92 Å². The van der Waals surface area contributed by atoms with E-state index in [0.29, 0.717) is 17.9 Å². The van der Waals surface area contributed by atoms with Crippen LogP contribution in [0.5, 0.6) is 0 Å². The lowest BCUT2D eigenvalue weighted by Crippen LogP contribution is -2.50. The monoisotopic (exact) mass is 325 g/mol. The van der Waals surface area contributed by atoms with Gasteiger partial charge in [-0.3, -0.25) is 0 Å². The van der Waals surface area contributed by atoms with Gasteiger partial charge in [0.2, 0.25) is 0 Å². The molecule has 3 aromatic heterocycles. The third-order valence-corrected chi connectivity index (χ3v) is 5.00. The lowest BCUT2D eigenvalue weighted by Gasteiger charge is -2.40. The van der Waals surface area contributed by atoms with Gasteiger partial charge in [0.15, 0.2) is 11.5 Å². The molecule has 1 N–H and O–H groups in total. The molecule has 0 aromatic carbocycles. The zero-order chi connectivity index (χ0) is 15.9. The fourth-order valence-corrected chi connectivity index (χ4v) is 3.31. The van der Waals surface area contributed by atoms with E-state index < -0.39 is 0 Å². The van der Waals surface area contributed by atoms with Crippen molar-refractivity contribution in [3.8, 4) is 0 Å². The van der Waals surface area contributed by atoms with Crippen LogP contribution < -0.4 is 10.2 Å². The molecule has 2 fully saturated rings. The molecule has 1 saturated carbocycles. The van der Waals surface area contributed by atoms with Gasteiger partial charge in [0.05, 0.1) is 6.20 Å². The fourth-order valence-electron chi connectivity index (χ4n) is 3.31. The largest absolute Gasteiger partial charge is 0.432 e. The first-order valence-corrected chi connectivity index (χ1v) is 8.47. The fraction of sp³-hybridized carbons (Fsp3) is 0.500. The summed E-state index contributed by atoms with van der Waals surface area (Å²) in [6, 6.07) is 4.63. The Balaban J connectivity index is 1.26. The summed E-state index contributed by atoms with van der Waals surface area (Å²) in [6.07, 6.45) is 6.90. The third kappa shape index (κ3) is 2.29. The van der Waals surface area contributed by atoms with Crippen molar-refractivity contribution in [2.24, 2.45) is 5.92 Å². The first kappa shape index (κ1) is 13.8. The van der Waals surface area contributed by atoms with E-state index >= 15 is 0 Å². The van der Waals surface area contributed by atoms with Crippen molar-refractivity contribution < 1.29 is 4.42 Å². The molecule has 24 heavy (non-hydrogen) atoms. The lowest BCUT2D eigenvalue weighted by atomic mass is 9.85. The Labute approximate surface area is 138 Å². The molecule has 0 atom stereocenters. The molecular weight excluding hydrogens is 306 g/mol. The summed E-state index contributed by atoms with van der Waals surface area (Å²) in [5.74, 6) is 3.11. The van der Waals surface area contributed by atoms with E-state index in [2.05, 4.69) is 25.4 Å². The molecule has 124 valence electrons. The molecule has 8 nitrogen and oxygen atoms in total. The van der Waals surface area contributed by atoms with Gasteiger partial charge >= 0.3 is 0 Å². The number of aromatic nitrogens is 5. The van der Waals surface area contributed by atoms with E-state index in [1.807, 2.05) is 16.6 Å².